The number of benzene rings is 5. The van der Waals surface area contributed by atoms with E-state index in [1.807, 2.05) is 28.9 Å². The Morgan fingerprint density at radius 3 is 2.04 bits per heavy atom. The van der Waals surface area contributed by atoms with Crippen molar-refractivity contribution in [2.45, 2.75) is 57.7 Å². The second-order valence-electron chi connectivity index (χ2n) is 14.4. The van der Waals surface area contributed by atoms with Crippen LogP contribution in [0.1, 0.15) is 71.2 Å². The predicted molar refractivity (Wildman–Crippen MR) is 220 cm³/mol. The molecule has 0 bridgehead atoms. The summed E-state index contributed by atoms with van der Waals surface area (Å²) in [4.78, 5) is 10.1. The van der Waals surface area contributed by atoms with Gasteiger partial charge in [-0.2, -0.15) is 0 Å². The number of aromatic nitrogens is 7. The minimum Gasteiger partial charge on any atom is -0.381 e. The third-order valence-electron chi connectivity index (χ3n) is 11.0. The maximum Gasteiger partial charge on any atom is 0.184 e. The van der Waals surface area contributed by atoms with Gasteiger partial charge in [0.25, 0.3) is 0 Å². The molecular formula is C48H41N7O. The summed E-state index contributed by atoms with van der Waals surface area (Å²) in [5.74, 6) is 7.59. The molecule has 0 fully saturated rings. The first-order chi connectivity index (χ1) is 27.5. The lowest BCUT2D eigenvalue weighted by molar-refractivity contribution is 0.253. The molecule has 8 aromatic rings. The summed E-state index contributed by atoms with van der Waals surface area (Å²) in [5, 5.41) is 23.8. The highest BCUT2D eigenvalue weighted by Gasteiger charge is 2.42. The minimum atomic E-state index is -0.861. The van der Waals surface area contributed by atoms with Gasteiger partial charge in [-0.3, -0.25) is 0 Å². The average molecular weight is 732 g/mol. The van der Waals surface area contributed by atoms with Crippen molar-refractivity contribution in [2.24, 2.45) is 0 Å². The van der Waals surface area contributed by atoms with E-state index in [2.05, 4.69) is 151 Å². The molecule has 0 amide bonds. The van der Waals surface area contributed by atoms with Gasteiger partial charge in [0.2, 0.25) is 0 Å². The molecule has 9 rings (SSSR count). The zero-order valence-electron chi connectivity index (χ0n) is 31.6. The second-order valence-corrected chi connectivity index (χ2v) is 14.4. The third kappa shape index (κ3) is 5.88. The summed E-state index contributed by atoms with van der Waals surface area (Å²) in [6, 6.07) is 48.8. The Bertz CT molecular complexity index is 2650. The Morgan fingerprint density at radius 1 is 0.786 bits per heavy atom. The molecule has 5 aromatic carbocycles. The van der Waals surface area contributed by atoms with E-state index >= 15 is 0 Å². The van der Waals surface area contributed by atoms with Gasteiger partial charge in [0.05, 0.1) is 6.04 Å². The van der Waals surface area contributed by atoms with E-state index in [1.54, 1.807) is 6.92 Å². The van der Waals surface area contributed by atoms with Crippen LogP contribution in [0.15, 0.2) is 140 Å². The number of rotatable bonds is 8. The van der Waals surface area contributed by atoms with Crippen molar-refractivity contribution in [1.29, 1.82) is 0 Å². The van der Waals surface area contributed by atoms with E-state index < -0.39 is 11.6 Å². The largest absolute Gasteiger partial charge is 0.381 e. The van der Waals surface area contributed by atoms with Crippen molar-refractivity contribution in [1.82, 2.24) is 34.7 Å². The Kier molecular flexibility index (Phi) is 9.08. The number of tetrazole rings is 1. The summed E-state index contributed by atoms with van der Waals surface area (Å²) in [5.41, 5.74) is 11.4. The Labute approximate surface area is 326 Å². The lowest BCUT2D eigenvalue weighted by atomic mass is 9.77. The van der Waals surface area contributed by atoms with Crippen LogP contribution in [0, 0.1) is 18.8 Å². The number of aliphatic hydroxyl groups excluding tert-OH is 1. The maximum absolute atomic E-state index is 9.81. The van der Waals surface area contributed by atoms with Crippen LogP contribution >= 0.6 is 0 Å². The smallest absolute Gasteiger partial charge is 0.184 e. The summed E-state index contributed by atoms with van der Waals surface area (Å²) < 4.78 is 4.32. The molecule has 0 radical (unpaired) electrons. The number of hydrogen-bond acceptors (Lipinski definition) is 6. The number of aryl methyl sites for hydroxylation is 3. The molecule has 1 aliphatic rings. The molecule has 8 nitrogen and oxygen atoms in total. The van der Waals surface area contributed by atoms with Crippen molar-refractivity contribution in [3.05, 3.63) is 184 Å². The van der Waals surface area contributed by atoms with Crippen LogP contribution in [0.4, 0.5) is 0 Å². The van der Waals surface area contributed by atoms with Gasteiger partial charge in [-0.05, 0) is 93.6 Å². The number of imidazole rings is 1. The molecule has 0 aliphatic heterocycles. The molecule has 2 atom stereocenters. The summed E-state index contributed by atoms with van der Waals surface area (Å²) >= 11 is 0. The van der Waals surface area contributed by atoms with Crippen LogP contribution in [-0.2, 0) is 18.4 Å². The van der Waals surface area contributed by atoms with Gasteiger partial charge in [0, 0.05) is 12.0 Å². The third-order valence-corrected chi connectivity index (χ3v) is 11.0. The Morgan fingerprint density at radius 2 is 1.41 bits per heavy atom. The molecule has 0 spiro atoms. The highest BCUT2D eigenvalue weighted by molar-refractivity contribution is 5.82. The molecule has 1 unspecified atom stereocenters. The molecule has 3 aromatic heterocycles. The van der Waals surface area contributed by atoms with E-state index in [0.717, 1.165) is 75.2 Å². The van der Waals surface area contributed by atoms with Gasteiger partial charge in [0.1, 0.15) is 28.7 Å². The molecule has 0 saturated heterocycles. The van der Waals surface area contributed by atoms with Crippen molar-refractivity contribution >= 4 is 11.2 Å². The normalized spacial score (nSPS) is 14.3. The molecule has 274 valence electrons. The number of pyridine rings is 1. The van der Waals surface area contributed by atoms with Gasteiger partial charge >= 0.3 is 0 Å². The van der Waals surface area contributed by atoms with Crippen LogP contribution in [-0.4, -0.2) is 46.0 Å². The van der Waals surface area contributed by atoms with Gasteiger partial charge in [-0.25, -0.2) is 14.6 Å². The minimum absolute atomic E-state index is 0.0941. The molecular weight excluding hydrogens is 691 g/mol. The van der Waals surface area contributed by atoms with Crippen LogP contribution in [0.25, 0.3) is 33.7 Å². The first-order valence-corrected chi connectivity index (χ1v) is 19.2. The van der Waals surface area contributed by atoms with E-state index in [0.29, 0.717) is 11.5 Å². The lowest BCUT2D eigenvalue weighted by Gasteiger charge is -2.36. The second kappa shape index (κ2) is 14.5. The Balaban J connectivity index is 1.17. The van der Waals surface area contributed by atoms with E-state index in [4.69, 9.17) is 20.3 Å². The first-order valence-electron chi connectivity index (χ1n) is 19.2. The first kappa shape index (κ1) is 35.0. The van der Waals surface area contributed by atoms with Crippen LogP contribution in [0.3, 0.4) is 0 Å². The number of aliphatic hydroxyl groups is 1. The maximum atomic E-state index is 9.81. The SMILES string of the molecule is CCc1nc2c(C)cc(C#CC(C)O)nc2n1[C@H]1CCc2cc(-c3ccccc3-c3nnnn3C(c3ccccc3)(c3ccccc3)c3ccccc3)ccc21. The highest BCUT2D eigenvalue weighted by Crippen LogP contribution is 2.45. The average Bonchev–Trinajstić information content (AvgIpc) is 3.99. The van der Waals surface area contributed by atoms with Crippen molar-refractivity contribution < 1.29 is 5.11 Å². The monoisotopic (exact) mass is 731 g/mol. The summed E-state index contributed by atoms with van der Waals surface area (Å²) in [7, 11) is 0. The van der Waals surface area contributed by atoms with Gasteiger partial charge in [-0.15, -0.1) is 5.10 Å². The molecule has 1 N–H and O–H groups in total. The van der Waals surface area contributed by atoms with Gasteiger partial charge in [0.15, 0.2) is 11.5 Å². The van der Waals surface area contributed by atoms with E-state index in [-0.39, 0.29) is 6.04 Å². The molecule has 1 aliphatic carbocycles. The molecule has 8 heteroatoms. The van der Waals surface area contributed by atoms with Crippen LogP contribution < -0.4 is 0 Å². The van der Waals surface area contributed by atoms with E-state index in [9.17, 15) is 5.11 Å². The topological polar surface area (TPSA) is 94.5 Å². The van der Waals surface area contributed by atoms with Crippen molar-refractivity contribution in [2.75, 3.05) is 0 Å². The summed E-state index contributed by atoms with van der Waals surface area (Å²) in [6.45, 7) is 5.86. The lowest BCUT2D eigenvalue weighted by Crippen LogP contribution is -2.39. The fourth-order valence-electron chi connectivity index (χ4n) is 8.53. The zero-order chi connectivity index (χ0) is 38.2. The summed E-state index contributed by atoms with van der Waals surface area (Å²) in [6.07, 6.45) is 1.93. The van der Waals surface area contributed by atoms with Crippen LogP contribution in [0.2, 0.25) is 0 Å². The number of hydrogen-bond donors (Lipinski definition) is 1. The quantitative estimate of drug-likeness (QED) is 0.124. The molecule has 56 heavy (non-hydrogen) atoms. The highest BCUT2D eigenvalue weighted by atomic mass is 16.3. The predicted octanol–water partition coefficient (Wildman–Crippen LogP) is 8.73. The fraction of sp³-hybridized carbons (Fsp3) is 0.188. The van der Waals surface area contributed by atoms with E-state index in [1.165, 1.54) is 11.1 Å². The van der Waals surface area contributed by atoms with Crippen LogP contribution in [0.5, 0.6) is 0 Å². The number of fused-ring (bicyclic) bond motifs is 2. The fourth-order valence-corrected chi connectivity index (χ4v) is 8.53. The standard InChI is InChI=1S/C48H41N7O/c1-4-44-50-45-32(2)30-39(27-24-33(3)56)49-47(45)54(44)43-29-26-35-31-34(25-28-41(35)43)40-22-14-15-23-42(40)46-51-52-53-55(46)48(36-16-8-5-9-17-36,37-18-10-6-11-19-37)38-20-12-7-13-21-38/h5-23,25,28,30-31,33,43,56H,4,26,29H2,1-3H3/t33?,43-/m0/s1. The zero-order valence-corrected chi connectivity index (χ0v) is 31.6. The molecule has 0 saturated carbocycles. The van der Waals surface area contributed by atoms with Crippen molar-refractivity contribution in [3.8, 4) is 34.4 Å². The van der Waals surface area contributed by atoms with Crippen molar-refractivity contribution in [3.63, 3.8) is 0 Å². The number of nitrogens with zero attached hydrogens (tertiary/aromatic N) is 7. The van der Waals surface area contributed by atoms with Gasteiger partial charge < -0.3 is 9.67 Å². The van der Waals surface area contributed by atoms with Gasteiger partial charge in [-0.1, -0.05) is 146 Å². The molecule has 3 heterocycles. The Hall–Kier alpha value is -6.69.